The molecule has 0 spiro atoms. The van der Waals surface area contributed by atoms with E-state index >= 15 is 0 Å². The zero-order valence-electron chi connectivity index (χ0n) is 24.2. The van der Waals surface area contributed by atoms with Crippen LogP contribution in [0.1, 0.15) is 0 Å². The number of anilines is 3. The van der Waals surface area contributed by atoms with Gasteiger partial charge in [-0.05, 0) is 77.2 Å². The first-order valence-corrected chi connectivity index (χ1v) is 15.0. The Hall–Kier alpha value is -6.13. The Balaban J connectivity index is 1.29. The van der Waals surface area contributed by atoms with E-state index in [1.807, 2.05) is 36.4 Å². The summed E-state index contributed by atoms with van der Waals surface area (Å²) in [6.45, 7) is 0. The molecule has 9 rings (SSSR count). The molecule has 0 unspecified atom stereocenters. The predicted octanol–water partition coefficient (Wildman–Crippen LogP) is 11.7. The highest BCUT2D eigenvalue weighted by molar-refractivity contribution is 6.13. The summed E-state index contributed by atoms with van der Waals surface area (Å²) in [5.74, 6) is 0.580. The lowest BCUT2D eigenvalue weighted by molar-refractivity contribution is 0.620. The number of oxazole rings is 1. The van der Waals surface area contributed by atoms with Crippen LogP contribution in [0.25, 0.3) is 66.4 Å². The number of nitrogens with zero attached hydrogens (tertiary/aromatic N) is 2. The third-order valence-electron chi connectivity index (χ3n) is 8.48. The molecule has 0 fully saturated rings. The molecule has 2 aromatic heterocycles. The smallest absolute Gasteiger partial charge is 0.228 e. The molecule has 0 N–H and O–H groups in total. The molecule has 0 atom stereocenters. The molecule has 0 saturated carbocycles. The number of fused-ring (bicyclic) bond motifs is 5. The van der Waals surface area contributed by atoms with E-state index in [-0.39, 0.29) is 0 Å². The molecular formula is C41H26N2O2. The molecule has 212 valence electrons. The van der Waals surface area contributed by atoms with Gasteiger partial charge < -0.3 is 13.7 Å². The Bertz CT molecular complexity index is 2470. The molecule has 0 bridgehead atoms. The average Bonchev–Trinajstić information content (AvgIpc) is 3.71. The summed E-state index contributed by atoms with van der Waals surface area (Å²) < 4.78 is 12.6. The van der Waals surface area contributed by atoms with E-state index in [9.17, 15) is 0 Å². The number of para-hydroxylation sites is 2. The number of aromatic nitrogens is 1. The van der Waals surface area contributed by atoms with E-state index in [1.165, 1.54) is 16.3 Å². The maximum atomic E-state index is 6.39. The van der Waals surface area contributed by atoms with Crippen LogP contribution in [0.15, 0.2) is 167 Å². The van der Waals surface area contributed by atoms with Crippen molar-refractivity contribution >= 4 is 60.9 Å². The third kappa shape index (κ3) is 4.27. The first-order valence-electron chi connectivity index (χ1n) is 15.0. The summed E-state index contributed by atoms with van der Waals surface area (Å²) in [7, 11) is 0. The van der Waals surface area contributed by atoms with E-state index in [1.54, 1.807) is 0 Å². The molecule has 7 aromatic carbocycles. The van der Waals surface area contributed by atoms with Crippen LogP contribution in [0.3, 0.4) is 0 Å². The summed E-state index contributed by atoms with van der Waals surface area (Å²) in [6, 6.07) is 54.6. The van der Waals surface area contributed by atoms with Crippen LogP contribution in [-0.4, -0.2) is 4.98 Å². The fourth-order valence-electron chi connectivity index (χ4n) is 6.41. The predicted molar refractivity (Wildman–Crippen MR) is 184 cm³/mol. The molecule has 0 aliphatic carbocycles. The van der Waals surface area contributed by atoms with Crippen LogP contribution >= 0.6 is 0 Å². The molecule has 0 aliphatic rings. The lowest BCUT2D eigenvalue weighted by Crippen LogP contribution is -2.10. The van der Waals surface area contributed by atoms with Crippen molar-refractivity contribution in [3.63, 3.8) is 0 Å². The fourth-order valence-corrected chi connectivity index (χ4v) is 6.41. The van der Waals surface area contributed by atoms with Gasteiger partial charge in [-0.2, -0.15) is 0 Å². The lowest BCUT2D eigenvalue weighted by Gasteiger charge is -2.27. The SMILES string of the molecule is c1ccc(-c2cccc(N(c3ccc4oc5cccc(-c6nc7ccccc7o6)c5c4c3)c3cccc4ccccc34)c2)cc1. The van der Waals surface area contributed by atoms with Gasteiger partial charge in [0, 0.05) is 33.1 Å². The minimum absolute atomic E-state index is 0.580. The van der Waals surface area contributed by atoms with Crippen LogP contribution < -0.4 is 4.90 Å². The van der Waals surface area contributed by atoms with Crippen LogP contribution in [0.4, 0.5) is 17.1 Å². The highest BCUT2D eigenvalue weighted by atomic mass is 16.3. The zero-order chi connectivity index (χ0) is 29.7. The Morgan fingerprint density at radius 3 is 2.13 bits per heavy atom. The number of benzene rings is 7. The van der Waals surface area contributed by atoms with E-state index < -0.39 is 0 Å². The average molecular weight is 579 g/mol. The molecule has 0 amide bonds. The number of furan rings is 1. The van der Waals surface area contributed by atoms with Crippen LogP contribution in [0.2, 0.25) is 0 Å². The highest BCUT2D eigenvalue weighted by Crippen LogP contribution is 2.44. The fraction of sp³-hybridized carbons (Fsp3) is 0. The van der Waals surface area contributed by atoms with Crippen LogP contribution in [0.5, 0.6) is 0 Å². The number of hydrogen-bond acceptors (Lipinski definition) is 4. The Kier molecular flexibility index (Phi) is 5.78. The Labute approximate surface area is 259 Å². The van der Waals surface area contributed by atoms with Gasteiger partial charge in [-0.25, -0.2) is 4.98 Å². The maximum absolute atomic E-state index is 6.39. The van der Waals surface area contributed by atoms with Gasteiger partial charge in [-0.3, -0.25) is 0 Å². The van der Waals surface area contributed by atoms with Gasteiger partial charge in [-0.1, -0.05) is 97.1 Å². The zero-order valence-corrected chi connectivity index (χ0v) is 24.2. The maximum Gasteiger partial charge on any atom is 0.228 e. The van der Waals surface area contributed by atoms with Crippen molar-refractivity contribution in [1.29, 1.82) is 0 Å². The summed E-state index contributed by atoms with van der Waals surface area (Å²) in [4.78, 5) is 7.17. The van der Waals surface area contributed by atoms with Crippen molar-refractivity contribution in [2.24, 2.45) is 0 Å². The molecule has 0 saturated heterocycles. The van der Waals surface area contributed by atoms with Crippen molar-refractivity contribution < 1.29 is 8.83 Å². The van der Waals surface area contributed by atoms with Gasteiger partial charge in [0.05, 0.1) is 5.69 Å². The first-order chi connectivity index (χ1) is 22.3. The Morgan fingerprint density at radius 2 is 1.20 bits per heavy atom. The molecule has 0 radical (unpaired) electrons. The second-order valence-corrected chi connectivity index (χ2v) is 11.2. The second kappa shape index (κ2) is 10.2. The highest BCUT2D eigenvalue weighted by Gasteiger charge is 2.20. The molecule has 0 aliphatic heterocycles. The van der Waals surface area contributed by atoms with Crippen molar-refractivity contribution in [2.45, 2.75) is 0 Å². The monoisotopic (exact) mass is 578 g/mol. The summed E-state index contributed by atoms with van der Waals surface area (Å²) >= 11 is 0. The van der Waals surface area contributed by atoms with Gasteiger partial charge >= 0.3 is 0 Å². The second-order valence-electron chi connectivity index (χ2n) is 11.2. The van der Waals surface area contributed by atoms with Gasteiger partial charge in [0.25, 0.3) is 0 Å². The summed E-state index contributed by atoms with van der Waals surface area (Å²) in [6.07, 6.45) is 0. The van der Waals surface area contributed by atoms with Gasteiger partial charge in [0.1, 0.15) is 16.7 Å². The minimum Gasteiger partial charge on any atom is -0.456 e. The topological polar surface area (TPSA) is 42.4 Å². The van der Waals surface area contributed by atoms with Crippen molar-refractivity contribution in [3.05, 3.63) is 158 Å². The molecule has 2 heterocycles. The van der Waals surface area contributed by atoms with E-state index in [2.05, 4.69) is 126 Å². The van der Waals surface area contributed by atoms with Gasteiger partial charge in [-0.15, -0.1) is 0 Å². The normalized spacial score (nSPS) is 11.6. The number of hydrogen-bond donors (Lipinski definition) is 0. The summed E-state index contributed by atoms with van der Waals surface area (Å²) in [5.41, 5.74) is 9.64. The van der Waals surface area contributed by atoms with Crippen LogP contribution in [-0.2, 0) is 0 Å². The minimum atomic E-state index is 0.580. The molecule has 45 heavy (non-hydrogen) atoms. The third-order valence-corrected chi connectivity index (χ3v) is 8.48. The van der Waals surface area contributed by atoms with E-state index in [0.717, 1.165) is 61.2 Å². The van der Waals surface area contributed by atoms with E-state index in [0.29, 0.717) is 5.89 Å². The molecular weight excluding hydrogens is 552 g/mol. The molecule has 4 nitrogen and oxygen atoms in total. The van der Waals surface area contributed by atoms with Crippen molar-refractivity contribution in [3.8, 4) is 22.6 Å². The van der Waals surface area contributed by atoms with E-state index in [4.69, 9.17) is 13.8 Å². The summed E-state index contributed by atoms with van der Waals surface area (Å²) in [5, 5.41) is 4.35. The lowest BCUT2D eigenvalue weighted by atomic mass is 10.0. The van der Waals surface area contributed by atoms with Gasteiger partial charge in [0.15, 0.2) is 5.58 Å². The molecule has 9 aromatic rings. The number of rotatable bonds is 5. The van der Waals surface area contributed by atoms with Crippen LogP contribution in [0, 0.1) is 0 Å². The first kappa shape index (κ1) is 25.4. The molecule has 4 heteroatoms. The quantitative estimate of drug-likeness (QED) is 0.204. The van der Waals surface area contributed by atoms with Crippen molar-refractivity contribution in [1.82, 2.24) is 4.98 Å². The Morgan fingerprint density at radius 1 is 0.467 bits per heavy atom. The largest absolute Gasteiger partial charge is 0.456 e. The van der Waals surface area contributed by atoms with Crippen molar-refractivity contribution in [2.75, 3.05) is 4.90 Å². The standard InChI is InChI=1S/C41H26N2O2/c1-2-11-27(12-3-1)29-15-8-16-30(25-29)43(36-20-9-14-28-13-4-5-17-32(28)36)31-23-24-37-34(26-31)40-33(18-10-22-39(40)44-37)41-42-35-19-6-7-21-38(35)45-41/h1-26H. The van der Waals surface area contributed by atoms with Gasteiger partial charge in [0.2, 0.25) is 5.89 Å².